The molecule has 7 atom stereocenters. The van der Waals surface area contributed by atoms with Crippen LogP contribution in [0.25, 0.3) is 0 Å². The van der Waals surface area contributed by atoms with Crippen molar-refractivity contribution >= 4 is 35.2 Å². The number of carbonyl (C=O) groups is 3. The minimum atomic E-state index is -0.742. The highest BCUT2D eigenvalue weighted by molar-refractivity contribution is 8.02. The SMILES string of the molecule is C=CCN(C(=O)[C@@H]1[C@@H]2CC(C)C3(S2)C(C(=O)N(CC=C)C2CCCCC2)N([C@@H](CC)CO)C(=O)[C@H]13)c1ccc(OCC)cc1. The summed E-state index contributed by atoms with van der Waals surface area (Å²) in [5.41, 5.74) is 0.722. The van der Waals surface area contributed by atoms with Crippen LogP contribution >= 0.6 is 11.8 Å². The Hall–Kier alpha value is -2.78. The van der Waals surface area contributed by atoms with Crippen LogP contribution in [0.2, 0.25) is 0 Å². The van der Waals surface area contributed by atoms with Gasteiger partial charge in [-0.05, 0) is 62.8 Å². The number of likely N-dealkylation sites (tertiary alicyclic amines) is 1. The maximum atomic E-state index is 14.9. The Bertz CT molecular complexity index is 1230. The summed E-state index contributed by atoms with van der Waals surface area (Å²) in [5.74, 6) is -0.770. The zero-order valence-corrected chi connectivity index (χ0v) is 27.3. The third-order valence-corrected chi connectivity index (χ3v) is 12.5. The highest BCUT2D eigenvalue weighted by Gasteiger charge is 2.77. The van der Waals surface area contributed by atoms with E-state index in [9.17, 15) is 19.5 Å². The van der Waals surface area contributed by atoms with Crippen LogP contribution in [0, 0.1) is 17.8 Å². The second-order valence-corrected chi connectivity index (χ2v) is 14.3. The van der Waals surface area contributed by atoms with Crippen LogP contribution < -0.4 is 9.64 Å². The number of aliphatic hydroxyl groups excluding tert-OH is 1. The minimum Gasteiger partial charge on any atom is -0.494 e. The molecule has 4 fully saturated rings. The molecule has 0 radical (unpaired) electrons. The number of carbonyl (C=O) groups excluding carboxylic acids is 3. The molecule has 9 heteroatoms. The first-order valence-electron chi connectivity index (χ1n) is 16.5. The molecule has 240 valence electrons. The summed E-state index contributed by atoms with van der Waals surface area (Å²) < 4.78 is 4.87. The zero-order chi connectivity index (χ0) is 31.6. The van der Waals surface area contributed by atoms with Crippen molar-refractivity contribution in [3.8, 4) is 5.75 Å². The topological polar surface area (TPSA) is 90.4 Å². The fourth-order valence-electron chi connectivity index (χ4n) is 8.46. The zero-order valence-electron chi connectivity index (χ0n) is 26.5. The van der Waals surface area contributed by atoms with E-state index in [0.717, 1.165) is 43.5 Å². The number of hydrogen-bond acceptors (Lipinski definition) is 6. The summed E-state index contributed by atoms with van der Waals surface area (Å²) in [6.07, 6.45) is 9.99. The molecule has 5 rings (SSSR count). The summed E-state index contributed by atoms with van der Waals surface area (Å²) in [6.45, 7) is 14.9. The van der Waals surface area contributed by atoms with Crippen molar-refractivity contribution < 1.29 is 24.2 Å². The van der Waals surface area contributed by atoms with Gasteiger partial charge in [-0.2, -0.15) is 0 Å². The lowest BCUT2D eigenvalue weighted by atomic mass is 9.65. The van der Waals surface area contributed by atoms with Crippen LogP contribution in [0.5, 0.6) is 5.75 Å². The molecule has 1 saturated carbocycles. The average molecular weight is 624 g/mol. The quantitative estimate of drug-likeness (QED) is 0.309. The van der Waals surface area contributed by atoms with E-state index in [2.05, 4.69) is 20.1 Å². The molecular weight excluding hydrogens is 574 g/mol. The Labute approximate surface area is 266 Å². The van der Waals surface area contributed by atoms with Gasteiger partial charge in [-0.3, -0.25) is 14.4 Å². The molecule has 1 aromatic carbocycles. The van der Waals surface area contributed by atoms with Gasteiger partial charge in [-0.15, -0.1) is 24.9 Å². The number of fused-ring (bicyclic) bond motifs is 1. The van der Waals surface area contributed by atoms with Crippen molar-refractivity contribution in [2.45, 2.75) is 93.8 Å². The lowest BCUT2D eigenvalue weighted by Crippen LogP contribution is -2.60. The minimum absolute atomic E-state index is 0.0536. The van der Waals surface area contributed by atoms with Crippen LogP contribution in [-0.2, 0) is 14.4 Å². The molecule has 1 aliphatic carbocycles. The molecule has 0 aromatic heterocycles. The molecule has 1 aromatic rings. The molecule has 1 spiro atoms. The molecule has 8 nitrogen and oxygen atoms in total. The molecule has 44 heavy (non-hydrogen) atoms. The molecule has 3 aliphatic heterocycles. The van der Waals surface area contributed by atoms with Crippen LogP contribution in [0.4, 0.5) is 5.69 Å². The standard InChI is InChI=1S/C35H49N3O5S/c1-6-19-36(26-15-17-27(18-16-26)43-9-4)32(40)29-28-21-23(5)35(44-28)30(29)33(41)38(24(8-3)22-39)31(35)34(42)37(20-7-2)25-13-11-10-12-14-25/h6-7,15-18,23-25,28-31,39H,1-2,8-14,19-22H2,3-5H3/t23?,24-,28-,29+,30-,31?,35?/m0/s1. The van der Waals surface area contributed by atoms with Crippen molar-refractivity contribution in [1.29, 1.82) is 0 Å². The summed E-state index contributed by atoms with van der Waals surface area (Å²) in [5, 5.41) is 10.4. The number of anilines is 1. The Balaban J connectivity index is 1.56. The smallest absolute Gasteiger partial charge is 0.247 e. The maximum Gasteiger partial charge on any atom is 0.247 e. The number of nitrogens with zero attached hydrogens (tertiary/aromatic N) is 3. The highest BCUT2D eigenvalue weighted by atomic mass is 32.2. The van der Waals surface area contributed by atoms with Crippen LogP contribution in [0.1, 0.15) is 65.7 Å². The second kappa shape index (κ2) is 13.7. The number of thioether (sulfide) groups is 1. The van der Waals surface area contributed by atoms with E-state index in [4.69, 9.17) is 4.74 Å². The van der Waals surface area contributed by atoms with E-state index in [-0.39, 0.29) is 41.5 Å². The van der Waals surface area contributed by atoms with Crippen molar-refractivity contribution in [3.63, 3.8) is 0 Å². The molecule has 3 amide bonds. The number of ether oxygens (including phenoxy) is 1. The van der Waals surface area contributed by atoms with Gasteiger partial charge < -0.3 is 24.5 Å². The number of hydrogen-bond donors (Lipinski definition) is 1. The van der Waals surface area contributed by atoms with Gasteiger partial charge >= 0.3 is 0 Å². The van der Waals surface area contributed by atoms with Gasteiger partial charge in [0.1, 0.15) is 11.8 Å². The van der Waals surface area contributed by atoms with Gasteiger partial charge in [0.25, 0.3) is 0 Å². The molecule has 4 aliphatic rings. The van der Waals surface area contributed by atoms with E-state index in [1.807, 2.05) is 43.0 Å². The Morgan fingerprint density at radius 2 is 1.80 bits per heavy atom. The predicted octanol–water partition coefficient (Wildman–Crippen LogP) is 5.06. The van der Waals surface area contributed by atoms with E-state index in [1.165, 1.54) is 6.42 Å². The first-order chi connectivity index (χ1) is 21.3. The molecule has 1 N–H and O–H groups in total. The summed E-state index contributed by atoms with van der Waals surface area (Å²) in [6, 6.07) is 6.32. The lowest BCUT2D eigenvalue weighted by Gasteiger charge is -2.44. The van der Waals surface area contributed by atoms with E-state index >= 15 is 0 Å². The predicted molar refractivity (Wildman–Crippen MR) is 176 cm³/mol. The fraction of sp³-hybridized carbons (Fsp3) is 0.629. The molecule has 3 saturated heterocycles. The van der Waals surface area contributed by atoms with Crippen LogP contribution in [0.15, 0.2) is 49.6 Å². The Morgan fingerprint density at radius 3 is 2.39 bits per heavy atom. The number of aliphatic hydroxyl groups is 1. The number of amides is 3. The molecule has 3 heterocycles. The van der Waals surface area contributed by atoms with E-state index in [0.29, 0.717) is 26.1 Å². The van der Waals surface area contributed by atoms with Crippen LogP contribution in [-0.4, -0.2) is 87.1 Å². The first-order valence-corrected chi connectivity index (χ1v) is 17.3. The van der Waals surface area contributed by atoms with E-state index in [1.54, 1.807) is 33.7 Å². The van der Waals surface area contributed by atoms with Crippen molar-refractivity contribution in [3.05, 3.63) is 49.6 Å². The summed E-state index contributed by atoms with van der Waals surface area (Å²) in [4.78, 5) is 49.6. The van der Waals surface area contributed by atoms with Gasteiger partial charge in [0, 0.05) is 30.1 Å². The Kier molecular flexibility index (Phi) is 10.1. The first kappa shape index (κ1) is 32.6. The largest absolute Gasteiger partial charge is 0.494 e. The highest BCUT2D eigenvalue weighted by Crippen LogP contribution is 2.69. The van der Waals surface area contributed by atoms with Crippen molar-refractivity contribution in [2.24, 2.45) is 17.8 Å². The van der Waals surface area contributed by atoms with Crippen molar-refractivity contribution in [2.75, 3.05) is 31.2 Å². The molecular formula is C35H49N3O5S. The maximum absolute atomic E-state index is 14.9. The average Bonchev–Trinajstić information content (AvgIpc) is 3.63. The number of benzene rings is 1. The molecule has 2 bridgehead atoms. The van der Waals surface area contributed by atoms with Gasteiger partial charge in [-0.1, -0.05) is 45.3 Å². The van der Waals surface area contributed by atoms with E-state index < -0.39 is 28.7 Å². The van der Waals surface area contributed by atoms with Gasteiger partial charge in [0.05, 0.1) is 35.8 Å². The fourth-order valence-corrected chi connectivity index (χ4v) is 10.9. The van der Waals surface area contributed by atoms with Crippen LogP contribution in [0.3, 0.4) is 0 Å². The third kappa shape index (κ3) is 5.38. The summed E-state index contributed by atoms with van der Waals surface area (Å²) in [7, 11) is 0. The summed E-state index contributed by atoms with van der Waals surface area (Å²) >= 11 is 1.69. The second-order valence-electron chi connectivity index (χ2n) is 12.8. The lowest BCUT2D eigenvalue weighted by molar-refractivity contribution is -0.147. The Morgan fingerprint density at radius 1 is 1.11 bits per heavy atom. The number of rotatable bonds is 13. The normalized spacial score (nSPS) is 30.1. The monoisotopic (exact) mass is 623 g/mol. The molecule has 3 unspecified atom stereocenters. The third-order valence-electron chi connectivity index (χ3n) is 10.4. The van der Waals surface area contributed by atoms with Gasteiger partial charge in [0.2, 0.25) is 17.7 Å². The van der Waals surface area contributed by atoms with Gasteiger partial charge in [-0.25, -0.2) is 0 Å². The van der Waals surface area contributed by atoms with Gasteiger partial charge in [0.15, 0.2) is 0 Å². The van der Waals surface area contributed by atoms with Crippen molar-refractivity contribution in [1.82, 2.24) is 9.80 Å².